The van der Waals surface area contributed by atoms with E-state index in [2.05, 4.69) is 32.3 Å². The van der Waals surface area contributed by atoms with Gasteiger partial charge in [0.25, 0.3) is 5.91 Å². The largest absolute Gasteiger partial charge is 0.359 e. The maximum absolute atomic E-state index is 12.2. The normalized spacial score (nSPS) is 18.5. The molecule has 0 unspecified atom stereocenters. The predicted molar refractivity (Wildman–Crippen MR) is 88.1 cm³/mol. The first kappa shape index (κ1) is 12.9. The second-order valence-corrected chi connectivity index (χ2v) is 6.55. The smallest absolute Gasteiger partial charge is 0.256 e. The standard InChI is InChI=1S/C17H15BrN2O/c18-11-5-6-13-14(17(21)20-16(13)8-11)9-12-7-10-3-1-2-4-15(10)19-12/h5-9,19H,1-4H2,(H,20,21)/b14-9+. The average molecular weight is 343 g/mol. The zero-order valence-electron chi connectivity index (χ0n) is 11.5. The summed E-state index contributed by atoms with van der Waals surface area (Å²) in [5.41, 5.74) is 6.34. The highest BCUT2D eigenvalue weighted by Gasteiger charge is 2.24. The van der Waals surface area contributed by atoms with Gasteiger partial charge >= 0.3 is 0 Å². The van der Waals surface area contributed by atoms with Crippen LogP contribution in [0.3, 0.4) is 0 Å². The van der Waals surface area contributed by atoms with Crippen LogP contribution in [-0.4, -0.2) is 10.9 Å². The summed E-state index contributed by atoms with van der Waals surface area (Å²) in [5, 5.41) is 2.92. The Morgan fingerprint density at radius 2 is 2.00 bits per heavy atom. The van der Waals surface area contributed by atoms with Crippen LogP contribution in [0.4, 0.5) is 5.69 Å². The molecule has 0 radical (unpaired) electrons. The van der Waals surface area contributed by atoms with Crippen LogP contribution < -0.4 is 5.32 Å². The number of H-pyrrole nitrogens is 1. The Labute approximate surface area is 131 Å². The molecule has 3 nitrogen and oxygen atoms in total. The van der Waals surface area contributed by atoms with Gasteiger partial charge in [0.1, 0.15) is 0 Å². The van der Waals surface area contributed by atoms with Gasteiger partial charge in [-0.3, -0.25) is 4.79 Å². The van der Waals surface area contributed by atoms with Crippen molar-refractivity contribution in [2.45, 2.75) is 25.7 Å². The number of rotatable bonds is 1. The molecule has 0 spiro atoms. The minimum atomic E-state index is -0.0318. The van der Waals surface area contributed by atoms with Gasteiger partial charge in [0, 0.05) is 21.4 Å². The number of hydrogen-bond donors (Lipinski definition) is 2. The van der Waals surface area contributed by atoms with E-state index < -0.39 is 0 Å². The Morgan fingerprint density at radius 1 is 1.14 bits per heavy atom. The summed E-state index contributed by atoms with van der Waals surface area (Å²) >= 11 is 3.43. The number of aromatic amines is 1. The first-order valence-electron chi connectivity index (χ1n) is 7.24. The highest BCUT2D eigenvalue weighted by atomic mass is 79.9. The van der Waals surface area contributed by atoms with Crippen LogP contribution >= 0.6 is 15.9 Å². The molecule has 0 fully saturated rings. The molecule has 4 heteroatoms. The summed E-state index contributed by atoms with van der Waals surface area (Å²) < 4.78 is 0.970. The van der Waals surface area contributed by atoms with Gasteiger partial charge in [-0.25, -0.2) is 0 Å². The van der Waals surface area contributed by atoms with E-state index >= 15 is 0 Å². The quantitative estimate of drug-likeness (QED) is 0.751. The van der Waals surface area contributed by atoms with Crippen LogP contribution in [0.2, 0.25) is 0 Å². The van der Waals surface area contributed by atoms with Gasteiger partial charge in [0.15, 0.2) is 0 Å². The fourth-order valence-corrected chi connectivity index (χ4v) is 3.53. The topological polar surface area (TPSA) is 44.9 Å². The lowest BCUT2D eigenvalue weighted by molar-refractivity contribution is -0.110. The summed E-state index contributed by atoms with van der Waals surface area (Å²) in [5.74, 6) is -0.0318. The Balaban J connectivity index is 1.76. The van der Waals surface area contributed by atoms with E-state index in [1.54, 1.807) is 0 Å². The Morgan fingerprint density at radius 3 is 2.86 bits per heavy atom. The molecule has 1 aromatic heterocycles. The fraction of sp³-hybridized carbons (Fsp3) is 0.235. The van der Waals surface area contributed by atoms with Crippen molar-refractivity contribution in [2.24, 2.45) is 0 Å². The van der Waals surface area contributed by atoms with Crippen molar-refractivity contribution in [3.8, 4) is 0 Å². The molecule has 1 amide bonds. The number of benzene rings is 1. The average Bonchev–Trinajstić information content (AvgIpc) is 3.00. The number of aryl methyl sites for hydroxylation is 2. The van der Waals surface area contributed by atoms with E-state index in [0.29, 0.717) is 0 Å². The van der Waals surface area contributed by atoms with Crippen LogP contribution in [0.25, 0.3) is 11.6 Å². The number of anilines is 1. The molecule has 106 valence electrons. The van der Waals surface area contributed by atoms with Crippen LogP contribution in [0.15, 0.2) is 28.7 Å². The third-order valence-corrected chi connectivity index (χ3v) is 4.69. The molecular weight excluding hydrogens is 328 g/mol. The summed E-state index contributed by atoms with van der Waals surface area (Å²) in [7, 11) is 0. The van der Waals surface area contributed by atoms with Crippen molar-refractivity contribution in [1.29, 1.82) is 0 Å². The molecule has 21 heavy (non-hydrogen) atoms. The highest BCUT2D eigenvalue weighted by Crippen LogP contribution is 2.35. The van der Waals surface area contributed by atoms with Gasteiger partial charge in [-0.05, 0) is 55.5 Å². The summed E-state index contributed by atoms with van der Waals surface area (Å²) in [6, 6.07) is 8.07. The van der Waals surface area contributed by atoms with E-state index in [1.807, 2.05) is 24.3 Å². The van der Waals surface area contributed by atoms with Crippen LogP contribution in [0.1, 0.15) is 35.4 Å². The predicted octanol–water partition coefficient (Wildman–Crippen LogP) is 4.15. The number of nitrogens with one attached hydrogen (secondary N) is 2. The van der Waals surface area contributed by atoms with Crippen molar-refractivity contribution in [3.63, 3.8) is 0 Å². The maximum atomic E-state index is 12.2. The fourth-order valence-electron chi connectivity index (χ4n) is 3.17. The molecule has 2 heterocycles. The van der Waals surface area contributed by atoms with Gasteiger partial charge in [0.2, 0.25) is 0 Å². The Bertz CT molecular complexity index is 750. The van der Waals surface area contributed by atoms with Crippen LogP contribution in [0, 0.1) is 0 Å². The van der Waals surface area contributed by atoms with E-state index in [-0.39, 0.29) is 5.91 Å². The number of aromatic nitrogens is 1. The lowest BCUT2D eigenvalue weighted by Crippen LogP contribution is -2.03. The molecule has 1 aromatic carbocycles. The van der Waals surface area contributed by atoms with Gasteiger partial charge < -0.3 is 10.3 Å². The van der Waals surface area contributed by atoms with Crippen molar-refractivity contribution in [1.82, 2.24) is 4.98 Å². The Hall–Kier alpha value is -1.81. The molecule has 2 N–H and O–H groups in total. The van der Waals surface area contributed by atoms with Crippen LogP contribution in [0.5, 0.6) is 0 Å². The molecule has 2 aromatic rings. The minimum absolute atomic E-state index is 0.0318. The lowest BCUT2D eigenvalue weighted by atomic mass is 9.98. The van der Waals surface area contributed by atoms with Crippen LogP contribution in [-0.2, 0) is 17.6 Å². The van der Waals surface area contributed by atoms with Crippen molar-refractivity contribution in [3.05, 3.63) is 51.3 Å². The molecule has 0 bridgehead atoms. The first-order chi connectivity index (χ1) is 10.2. The van der Waals surface area contributed by atoms with Gasteiger partial charge in [-0.1, -0.05) is 22.0 Å². The SMILES string of the molecule is O=C1Nc2cc(Br)ccc2/C1=C\c1cc2c([nH]1)CCCC2. The van der Waals surface area contributed by atoms with E-state index in [1.165, 1.54) is 24.1 Å². The molecular formula is C17H15BrN2O. The minimum Gasteiger partial charge on any atom is -0.359 e. The molecule has 0 saturated heterocycles. The second-order valence-electron chi connectivity index (χ2n) is 5.64. The van der Waals surface area contributed by atoms with Crippen molar-refractivity contribution < 1.29 is 4.79 Å². The summed E-state index contributed by atoms with van der Waals surface area (Å²) in [4.78, 5) is 15.6. The van der Waals surface area contributed by atoms with Crippen molar-refractivity contribution in [2.75, 3.05) is 5.32 Å². The van der Waals surface area contributed by atoms with Gasteiger partial charge in [0.05, 0.1) is 11.3 Å². The van der Waals surface area contributed by atoms with Crippen molar-refractivity contribution >= 4 is 39.2 Å². The number of carbonyl (C=O) groups is 1. The summed E-state index contributed by atoms with van der Waals surface area (Å²) in [6.45, 7) is 0. The molecule has 2 aliphatic rings. The number of carbonyl (C=O) groups excluding carboxylic acids is 1. The van der Waals surface area contributed by atoms with E-state index in [9.17, 15) is 4.79 Å². The maximum Gasteiger partial charge on any atom is 0.256 e. The first-order valence-corrected chi connectivity index (χ1v) is 8.04. The number of halogens is 1. The number of fused-ring (bicyclic) bond motifs is 2. The molecule has 4 rings (SSSR count). The second kappa shape index (κ2) is 4.88. The number of amides is 1. The molecule has 1 aliphatic heterocycles. The lowest BCUT2D eigenvalue weighted by Gasteiger charge is -2.08. The van der Waals surface area contributed by atoms with Gasteiger partial charge in [-0.2, -0.15) is 0 Å². The monoisotopic (exact) mass is 342 g/mol. The summed E-state index contributed by atoms with van der Waals surface area (Å²) in [6.07, 6.45) is 6.74. The number of hydrogen-bond acceptors (Lipinski definition) is 1. The zero-order valence-corrected chi connectivity index (χ0v) is 13.1. The molecule has 0 saturated carbocycles. The van der Waals surface area contributed by atoms with E-state index in [0.717, 1.165) is 39.8 Å². The molecule has 1 aliphatic carbocycles. The molecule has 0 atom stereocenters. The third-order valence-electron chi connectivity index (χ3n) is 4.20. The Kier molecular flexibility index (Phi) is 3.00. The third kappa shape index (κ3) is 2.23. The van der Waals surface area contributed by atoms with E-state index in [4.69, 9.17) is 0 Å². The zero-order chi connectivity index (χ0) is 14.4. The van der Waals surface area contributed by atoms with Gasteiger partial charge in [-0.15, -0.1) is 0 Å². The highest BCUT2D eigenvalue weighted by molar-refractivity contribution is 9.10.